The molecule has 0 unspecified atom stereocenters. The zero-order valence-electron chi connectivity index (χ0n) is 3.96. The smallest absolute Gasteiger partial charge is 0.423 e. The summed E-state index contributed by atoms with van der Waals surface area (Å²) in [7, 11) is -1.19. The van der Waals surface area contributed by atoms with Crippen LogP contribution in [0.4, 0.5) is 0 Å². The Hall–Kier alpha value is -0.275. The first kappa shape index (κ1) is 4.87. The maximum Gasteiger partial charge on any atom is 0.483 e. The standard InChI is InChI=1S/C4H7BO2/c6-5(7)4-2-1-3-4/h2,6-7H,1,3H2. The van der Waals surface area contributed by atoms with Crippen molar-refractivity contribution in [3.8, 4) is 0 Å². The minimum Gasteiger partial charge on any atom is -0.423 e. The van der Waals surface area contributed by atoms with Crippen LogP contribution in [-0.4, -0.2) is 17.2 Å². The van der Waals surface area contributed by atoms with E-state index >= 15 is 0 Å². The number of allylic oxidation sites excluding steroid dienone is 2. The van der Waals surface area contributed by atoms with Crippen LogP contribution in [0.25, 0.3) is 0 Å². The first-order chi connectivity index (χ1) is 3.30. The molecule has 3 heteroatoms. The van der Waals surface area contributed by atoms with Crippen LogP contribution < -0.4 is 0 Å². The van der Waals surface area contributed by atoms with Crippen molar-refractivity contribution in [2.75, 3.05) is 0 Å². The molecule has 2 nitrogen and oxygen atoms in total. The van der Waals surface area contributed by atoms with Crippen molar-refractivity contribution >= 4 is 7.12 Å². The summed E-state index contributed by atoms with van der Waals surface area (Å²) in [6.45, 7) is 0. The molecule has 0 fully saturated rings. The summed E-state index contributed by atoms with van der Waals surface area (Å²) in [5, 5.41) is 16.7. The Kier molecular flexibility index (Phi) is 1.17. The van der Waals surface area contributed by atoms with Gasteiger partial charge in [0.05, 0.1) is 0 Å². The highest BCUT2D eigenvalue weighted by atomic mass is 16.4. The third-order valence-electron chi connectivity index (χ3n) is 1.17. The van der Waals surface area contributed by atoms with Crippen molar-refractivity contribution in [2.45, 2.75) is 12.8 Å². The van der Waals surface area contributed by atoms with Gasteiger partial charge in [-0.15, -0.1) is 0 Å². The minimum atomic E-state index is -1.19. The summed E-state index contributed by atoms with van der Waals surface area (Å²) in [6, 6.07) is 0. The summed E-state index contributed by atoms with van der Waals surface area (Å²) in [5.74, 6) is 0. The maximum absolute atomic E-state index is 8.36. The third-order valence-corrected chi connectivity index (χ3v) is 1.17. The van der Waals surface area contributed by atoms with Gasteiger partial charge in [-0.3, -0.25) is 0 Å². The molecule has 0 aliphatic heterocycles. The van der Waals surface area contributed by atoms with Gasteiger partial charge in [0.25, 0.3) is 0 Å². The molecule has 0 radical (unpaired) electrons. The molecule has 38 valence electrons. The van der Waals surface area contributed by atoms with Crippen LogP contribution in [0.2, 0.25) is 0 Å². The normalized spacial score (nSPS) is 17.7. The molecule has 0 aromatic carbocycles. The van der Waals surface area contributed by atoms with Gasteiger partial charge in [0, 0.05) is 0 Å². The molecule has 0 saturated carbocycles. The summed E-state index contributed by atoms with van der Waals surface area (Å²) < 4.78 is 0. The van der Waals surface area contributed by atoms with Crippen LogP contribution in [0.1, 0.15) is 12.8 Å². The van der Waals surface area contributed by atoms with E-state index in [0.717, 1.165) is 18.3 Å². The molecule has 0 aromatic rings. The van der Waals surface area contributed by atoms with Gasteiger partial charge in [0.2, 0.25) is 0 Å². The van der Waals surface area contributed by atoms with E-state index in [9.17, 15) is 0 Å². The van der Waals surface area contributed by atoms with E-state index in [2.05, 4.69) is 0 Å². The fourth-order valence-corrected chi connectivity index (χ4v) is 0.546. The molecular formula is C4H7BO2. The number of hydrogen-bond acceptors (Lipinski definition) is 2. The average molecular weight is 97.9 g/mol. The van der Waals surface area contributed by atoms with E-state index in [-0.39, 0.29) is 0 Å². The lowest BCUT2D eigenvalue weighted by Gasteiger charge is -2.11. The SMILES string of the molecule is OB(O)C1=CCC1. The highest BCUT2D eigenvalue weighted by Gasteiger charge is 2.17. The minimum absolute atomic E-state index is 0.764. The van der Waals surface area contributed by atoms with Gasteiger partial charge in [-0.2, -0.15) is 0 Å². The van der Waals surface area contributed by atoms with E-state index in [0.29, 0.717) is 0 Å². The molecule has 0 bridgehead atoms. The lowest BCUT2D eigenvalue weighted by atomic mass is 9.71. The molecule has 7 heavy (non-hydrogen) atoms. The molecule has 0 aromatic heterocycles. The lowest BCUT2D eigenvalue weighted by molar-refractivity contribution is 0.413. The van der Waals surface area contributed by atoms with E-state index in [1.165, 1.54) is 0 Å². The second-order valence-corrected chi connectivity index (χ2v) is 1.69. The van der Waals surface area contributed by atoms with Gasteiger partial charge in [-0.25, -0.2) is 0 Å². The van der Waals surface area contributed by atoms with Crippen LogP contribution >= 0.6 is 0 Å². The molecule has 1 aliphatic rings. The third kappa shape index (κ3) is 0.840. The molecule has 0 amide bonds. The summed E-state index contributed by atoms with van der Waals surface area (Å²) >= 11 is 0. The molecule has 0 heterocycles. The monoisotopic (exact) mass is 98.1 g/mol. The van der Waals surface area contributed by atoms with Gasteiger partial charge >= 0.3 is 7.12 Å². The van der Waals surface area contributed by atoms with Gasteiger partial charge in [0.1, 0.15) is 0 Å². The van der Waals surface area contributed by atoms with E-state index < -0.39 is 7.12 Å². The van der Waals surface area contributed by atoms with Gasteiger partial charge in [-0.1, -0.05) is 6.08 Å². The second kappa shape index (κ2) is 1.68. The van der Waals surface area contributed by atoms with Crippen molar-refractivity contribution in [1.29, 1.82) is 0 Å². The predicted molar refractivity (Wildman–Crippen MR) is 27.5 cm³/mol. The highest BCUT2D eigenvalue weighted by Crippen LogP contribution is 2.17. The maximum atomic E-state index is 8.36. The Bertz CT molecular complexity index is 97.9. The van der Waals surface area contributed by atoms with Crippen molar-refractivity contribution in [1.82, 2.24) is 0 Å². The number of hydrogen-bond donors (Lipinski definition) is 2. The fourth-order valence-electron chi connectivity index (χ4n) is 0.546. The summed E-state index contributed by atoms with van der Waals surface area (Å²) in [4.78, 5) is 0. The molecule has 2 N–H and O–H groups in total. The zero-order chi connectivity index (χ0) is 5.28. The Labute approximate surface area is 42.6 Å². The zero-order valence-corrected chi connectivity index (χ0v) is 3.96. The summed E-state index contributed by atoms with van der Waals surface area (Å²) in [6.07, 6.45) is 3.70. The fraction of sp³-hybridized carbons (Fsp3) is 0.500. The van der Waals surface area contributed by atoms with Gasteiger partial charge in [-0.05, 0) is 18.3 Å². The van der Waals surface area contributed by atoms with Crippen molar-refractivity contribution < 1.29 is 10.0 Å². The van der Waals surface area contributed by atoms with Crippen LogP contribution in [0, 0.1) is 0 Å². The van der Waals surface area contributed by atoms with E-state index in [1.54, 1.807) is 0 Å². The molecule has 0 spiro atoms. The average Bonchev–Trinajstić information content (AvgIpc) is 1.23. The number of rotatable bonds is 1. The first-order valence-electron chi connectivity index (χ1n) is 2.36. The predicted octanol–water partition coefficient (Wildman–Crippen LogP) is -0.281. The van der Waals surface area contributed by atoms with Crippen LogP contribution in [-0.2, 0) is 0 Å². The second-order valence-electron chi connectivity index (χ2n) is 1.69. The van der Waals surface area contributed by atoms with Crippen LogP contribution in [0.3, 0.4) is 0 Å². The quantitative estimate of drug-likeness (QED) is 0.442. The first-order valence-corrected chi connectivity index (χ1v) is 2.36. The molecule has 0 saturated heterocycles. The molecular weight excluding hydrogens is 90.9 g/mol. The Morgan fingerprint density at radius 2 is 2.14 bits per heavy atom. The van der Waals surface area contributed by atoms with Crippen molar-refractivity contribution in [2.24, 2.45) is 0 Å². The molecule has 1 rings (SSSR count). The lowest BCUT2D eigenvalue weighted by Crippen LogP contribution is -2.18. The summed E-state index contributed by atoms with van der Waals surface area (Å²) in [5.41, 5.74) is 0.764. The van der Waals surface area contributed by atoms with Crippen LogP contribution in [0.15, 0.2) is 11.5 Å². The Morgan fingerprint density at radius 3 is 2.14 bits per heavy atom. The Balaban J connectivity index is 2.40. The van der Waals surface area contributed by atoms with Crippen LogP contribution in [0.5, 0.6) is 0 Å². The highest BCUT2D eigenvalue weighted by molar-refractivity contribution is 6.51. The van der Waals surface area contributed by atoms with Gasteiger partial charge in [0.15, 0.2) is 0 Å². The molecule has 1 aliphatic carbocycles. The largest absolute Gasteiger partial charge is 0.483 e. The van der Waals surface area contributed by atoms with Crippen molar-refractivity contribution in [3.63, 3.8) is 0 Å². The van der Waals surface area contributed by atoms with Crippen molar-refractivity contribution in [3.05, 3.63) is 11.5 Å². The van der Waals surface area contributed by atoms with E-state index in [1.807, 2.05) is 6.08 Å². The topological polar surface area (TPSA) is 40.5 Å². The van der Waals surface area contributed by atoms with E-state index in [4.69, 9.17) is 10.0 Å². The Morgan fingerprint density at radius 1 is 1.57 bits per heavy atom. The van der Waals surface area contributed by atoms with Gasteiger partial charge < -0.3 is 10.0 Å². The molecule has 0 atom stereocenters.